The molecule has 13 heteroatoms. The van der Waals surface area contributed by atoms with Gasteiger partial charge >= 0.3 is 0 Å². The Bertz CT molecular complexity index is 1660. The third-order valence-electron chi connectivity index (χ3n) is 8.06. The molecule has 1 saturated carbocycles. The van der Waals surface area contributed by atoms with Crippen LogP contribution in [0.1, 0.15) is 71.7 Å². The van der Waals surface area contributed by atoms with Gasteiger partial charge in [0.25, 0.3) is 5.91 Å². The zero-order chi connectivity index (χ0) is 29.8. The fourth-order valence-electron chi connectivity index (χ4n) is 5.74. The fourth-order valence-corrected chi connectivity index (χ4v) is 5.74. The Balaban J connectivity index is 1.37. The molecule has 2 atom stereocenters. The molecule has 1 aliphatic carbocycles. The molecule has 1 spiro atoms. The number of fused-ring (bicyclic) bond motifs is 1. The van der Waals surface area contributed by atoms with Crippen LogP contribution in [0, 0.1) is 30.9 Å². The van der Waals surface area contributed by atoms with E-state index in [1.54, 1.807) is 12.1 Å². The number of H-pyrrole nitrogens is 1. The largest absolute Gasteiger partial charge is 0.489 e. The van der Waals surface area contributed by atoms with Crippen molar-refractivity contribution in [2.45, 2.75) is 58.4 Å². The second kappa shape index (κ2) is 10.3. The minimum Gasteiger partial charge on any atom is -0.489 e. The summed E-state index contributed by atoms with van der Waals surface area (Å²) >= 11 is 0. The summed E-state index contributed by atoms with van der Waals surface area (Å²) in [5, 5.41) is 20.2. The predicted molar refractivity (Wildman–Crippen MR) is 146 cm³/mol. The van der Waals surface area contributed by atoms with Crippen LogP contribution in [0.4, 0.5) is 14.5 Å². The second-order valence-electron chi connectivity index (χ2n) is 11.2. The number of hydrogen-bond acceptors (Lipinski definition) is 8. The molecule has 11 nitrogen and oxygen atoms in total. The monoisotopic (exact) mass is 577 g/mol. The van der Waals surface area contributed by atoms with Crippen molar-refractivity contribution in [2.75, 3.05) is 11.9 Å². The average molecular weight is 578 g/mol. The SMILES string of the molecule is Cc1n[nH]c(C)c1-c1ccc(NC(=O)[C@@H](NC(=O)c2nonc2C(C)C)C2c3c(F)ccc(F)c3OCC23CC3)cn1. The topological polar surface area (TPSA) is 148 Å². The van der Waals surface area contributed by atoms with Crippen LogP contribution in [-0.2, 0) is 4.79 Å². The summed E-state index contributed by atoms with van der Waals surface area (Å²) in [6, 6.07) is 4.08. The first-order valence-electron chi connectivity index (χ1n) is 13.6. The van der Waals surface area contributed by atoms with E-state index in [1.165, 1.54) is 6.20 Å². The summed E-state index contributed by atoms with van der Waals surface area (Å²) in [4.78, 5) is 32.0. The van der Waals surface area contributed by atoms with Gasteiger partial charge in [-0.2, -0.15) is 5.10 Å². The number of ether oxygens (including phenoxy) is 1. The lowest BCUT2D eigenvalue weighted by molar-refractivity contribution is -0.119. The van der Waals surface area contributed by atoms with E-state index in [9.17, 15) is 14.0 Å². The third-order valence-corrected chi connectivity index (χ3v) is 8.06. The first kappa shape index (κ1) is 27.5. The van der Waals surface area contributed by atoms with E-state index < -0.39 is 40.8 Å². The van der Waals surface area contributed by atoms with Crippen LogP contribution in [0.5, 0.6) is 5.75 Å². The van der Waals surface area contributed by atoms with Gasteiger partial charge in [0.05, 0.1) is 29.9 Å². The molecule has 4 heterocycles. The van der Waals surface area contributed by atoms with Crippen molar-refractivity contribution in [3.8, 4) is 17.0 Å². The standard InChI is InChI=1S/C29H29F2N7O4/c1-13(2)23-25(38-42-37-23)28(40)34-24(22-21-17(30)6-7-18(31)26(21)41-12-29(22)9-10-29)27(39)33-16-5-8-19(32-11-16)20-14(3)35-36-15(20)4/h5-8,11,13,22,24H,9-10,12H2,1-4H3,(H,33,39)(H,34,40)(H,35,36)/t22?,24-/m0/s1. The highest BCUT2D eigenvalue weighted by molar-refractivity contribution is 6.01. The number of hydrogen-bond donors (Lipinski definition) is 3. The third kappa shape index (κ3) is 4.68. The Hall–Kier alpha value is -4.68. The van der Waals surface area contributed by atoms with Crippen molar-refractivity contribution >= 4 is 17.5 Å². The van der Waals surface area contributed by atoms with E-state index in [0.29, 0.717) is 29.9 Å². The molecule has 3 N–H and O–H groups in total. The van der Waals surface area contributed by atoms with Gasteiger partial charge in [-0.1, -0.05) is 19.0 Å². The minimum absolute atomic E-state index is 0.0765. The number of aromatic nitrogens is 5. The van der Waals surface area contributed by atoms with Crippen LogP contribution in [0.2, 0.25) is 0 Å². The van der Waals surface area contributed by atoms with Crippen molar-refractivity contribution in [3.05, 3.63) is 70.4 Å². The number of halogens is 2. The zero-order valence-electron chi connectivity index (χ0n) is 23.4. The molecule has 0 saturated heterocycles. The molecule has 1 aromatic carbocycles. The van der Waals surface area contributed by atoms with Crippen molar-refractivity contribution < 1.29 is 27.7 Å². The van der Waals surface area contributed by atoms with Crippen molar-refractivity contribution in [1.82, 2.24) is 30.8 Å². The van der Waals surface area contributed by atoms with Gasteiger partial charge in [0, 0.05) is 34.1 Å². The lowest BCUT2D eigenvalue weighted by atomic mass is 9.75. The van der Waals surface area contributed by atoms with E-state index in [0.717, 1.165) is 29.1 Å². The minimum atomic E-state index is -1.33. The van der Waals surface area contributed by atoms with Gasteiger partial charge in [-0.3, -0.25) is 19.7 Å². The molecule has 2 amide bonds. The molecule has 6 rings (SSSR count). The first-order valence-corrected chi connectivity index (χ1v) is 13.6. The van der Waals surface area contributed by atoms with Crippen LogP contribution >= 0.6 is 0 Å². The number of benzene rings is 1. The van der Waals surface area contributed by atoms with E-state index in [4.69, 9.17) is 9.37 Å². The molecule has 42 heavy (non-hydrogen) atoms. The number of pyridine rings is 1. The number of aromatic amines is 1. The highest BCUT2D eigenvalue weighted by atomic mass is 19.1. The van der Waals surface area contributed by atoms with Crippen LogP contribution in [-0.4, -0.2) is 50.0 Å². The fraction of sp³-hybridized carbons (Fsp3) is 0.379. The molecule has 1 unspecified atom stereocenters. The summed E-state index contributed by atoms with van der Waals surface area (Å²) < 4.78 is 40.7. The maximum Gasteiger partial charge on any atom is 0.276 e. The zero-order valence-corrected chi connectivity index (χ0v) is 23.4. The summed E-state index contributed by atoms with van der Waals surface area (Å²) in [5.41, 5.74) is 2.97. The maximum absolute atomic E-state index is 15.4. The maximum atomic E-state index is 15.4. The molecule has 3 aromatic heterocycles. The number of nitrogens with one attached hydrogen (secondary N) is 3. The Morgan fingerprint density at radius 3 is 2.50 bits per heavy atom. The van der Waals surface area contributed by atoms with Gasteiger partial charge in [0.2, 0.25) is 5.91 Å². The Kier molecular flexibility index (Phi) is 6.74. The number of rotatable bonds is 7. The lowest BCUT2D eigenvalue weighted by Crippen LogP contribution is -2.52. The van der Waals surface area contributed by atoms with Gasteiger partial charge < -0.3 is 15.4 Å². The number of carbonyl (C=O) groups excluding carboxylic acids is 2. The number of amides is 2. The summed E-state index contributed by atoms with van der Waals surface area (Å²) in [5.74, 6) is -4.20. The van der Waals surface area contributed by atoms with E-state index in [1.807, 2.05) is 27.7 Å². The van der Waals surface area contributed by atoms with Crippen molar-refractivity contribution in [1.29, 1.82) is 0 Å². The summed E-state index contributed by atoms with van der Waals surface area (Å²) in [6.07, 6.45) is 2.70. The molecule has 2 aliphatic rings. The van der Waals surface area contributed by atoms with Gasteiger partial charge in [-0.25, -0.2) is 13.4 Å². The highest BCUT2D eigenvalue weighted by Crippen LogP contribution is 2.62. The molecule has 1 fully saturated rings. The summed E-state index contributed by atoms with van der Waals surface area (Å²) in [7, 11) is 0. The van der Waals surface area contributed by atoms with E-state index in [2.05, 4.69) is 36.1 Å². The molecular formula is C29H29F2N7O4. The van der Waals surface area contributed by atoms with Crippen molar-refractivity contribution in [2.24, 2.45) is 5.41 Å². The second-order valence-corrected chi connectivity index (χ2v) is 11.2. The predicted octanol–water partition coefficient (Wildman–Crippen LogP) is 4.57. The summed E-state index contributed by atoms with van der Waals surface area (Å²) in [6.45, 7) is 7.45. The Labute approximate surface area is 239 Å². The smallest absolute Gasteiger partial charge is 0.276 e. The van der Waals surface area contributed by atoms with Crippen LogP contribution in [0.15, 0.2) is 35.1 Å². The molecular weight excluding hydrogens is 548 g/mol. The molecule has 0 bridgehead atoms. The first-order chi connectivity index (χ1) is 20.1. The van der Waals surface area contributed by atoms with Gasteiger partial charge in [0.1, 0.15) is 17.6 Å². The number of nitrogens with zero attached hydrogens (tertiary/aromatic N) is 4. The van der Waals surface area contributed by atoms with E-state index >= 15 is 4.39 Å². The van der Waals surface area contributed by atoms with Gasteiger partial charge in [-0.05, 0) is 56.1 Å². The molecule has 1 aliphatic heterocycles. The number of carbonyl (C=O) groups is 2. The van der Waals surface area contributed by atoms with Crippen LogP contribution in [0.3, 0.4) is 0 Å². The molecule has 4 aromatic rings. The quantitative estimate of drug-likeness (QED) is 0.289. The Morgan fingerprint density at radius 2 is 1.86 bits per heavy atom. The van der Waals surface area contributed by atoms with Crippen molar-refractivity contribution in [3.63, 3.8) is 0 Å². The van der Waals surface area contributed by atoms with Crippen LogP contribution in [0.25, 0.3) is 11.3 Å². The molecule has 0 radical (unpaired) electrons. The van der Waals surface area contributed by atoms with E-state index in [-0.39, 0.29) is 29.5 Å². The molecule has 218 valence electrons. The lowest BCUT2D eigenvalue weighted by Gasteiger charge is -2.38. The van der Waals surface area contributed by atoms with Gasteiger partial charge in [0.15, 0.2) is 17.3 Å². The number of anilines is 1. The van der Waals surface area contributed by atoms with Gasteiger partial charge in [-0.15, -0.1) is 0 Å². The highest BCUT2D eigenvalue weighted by Gasteiger charge is 2.59. The Morgan fingerprint density at radius 1 is 1.10 bits per heavy atom. The average Bonchev–Trinajstić information content (AvgIpc) is 3.38. The van der Waals surface area contributed by atoms with Crippen LogP contribution < -0.4 is 15.4 Å². The normalized spacial score (nSPS) is 17.5. The number of aryl methyl sites for hydroxylation is 2.